The van der Waals surface area contributed by atoms with Crippen molar-refractivity contribution in [2.45, 2.75) is 144 Å². The Bertz CT molecular complexity index is 639. The third-order valence-corrected chi connectivity index (χ3v) is 8.90. The molecule has 0 aromatic rings. The van der Waals surface area contributed by atoms with Crippen LogP contribution in [0.3, 0.4) is 0 Å². The first-order chi connectivity index (χ1) is 16.6. The Morgan fingerprint density at radius 1 is 0.857 bits per heavy atom. The Morgan fingerprint density at radius 2 is 1.46 bits per heavy atom. The van der Waals surface area contributed by atoms with Gasteiger partial charge in [0, 0.05) is 0 Å². The van der Waals surface area contributed by atoms with Crippen LogP contribution < -0.4 is 0 Å². The largest absolute Gasteiger partial charge is 0.103 e. The van der Waals surface area contributed by atoms with E-state index in [2.05, 4.69) is 73.4 Å². The molecule has 0 aliphatic heterocycles. The van der Waals surface area contributed by atoms with E-state index in [0.717, 1.165) is 17.8 Å². The van der Waals surface area contributed by atoms with Gasteiger partial charge in [-0.15, -0.1) is 19.7 Å². The Morgan fingerprint density at radius 3 is 1.97 bits per heavy atom. The lowest BCUT2D eigenvalue weighted by Gasteiger charge is -2.31. The lowest BCUT2D eigenvalue weighted by molar-refractivity contribution is 0.280. The average molecular weight is 483 g/mol. The van der Waals surface area contributed by atoms with E-state index in [1.807, 2.05) is 0 Å². The van der Waals surface area contributed by atoms with Gasteiger partial charge in [0.15, 0.2) is 0 Å². The molecule has 0 saturated heterocycles. The van der Waals surface area contributed by atoms with Crippen LogP contribution in [0.25, 0.3) is 0 Å². The first-order valence-corrected chi connectivity index (χ1v) is 15.2. The van der Waals surface area contributed by atoms with Crippen molar-refractivity contribution in [3.05, 3.63) is 48.6 Å². The van der Waals surface area contributed by atoms with Crippen molar-refractivity contribution in [2.24, 2.45) is 29.1 Å². The molecule has 0 nitrogen and oxygen atoms in total. The molecule has 0 bridgehead atoms. The van der Waals surface area contributed by atoms with Crippen LogP contribution in [0.2, 0.25) is 0 Å². The van der Waals surface area contributed by atoms with E-state index >= 15 is 0 Å². The summed E-state index contributed by atoms with van der Waals surface area (Å²) >= 11 is 0. The van der Waals surface area contributed by atoms with Gasteiger partial charge in [-0.3, -0.25) is 0 Å². The van der Waals surface area contributed by atoms with Gasteiger partial charge in [0.05, 0.1) is 0 Å². The molecule has 1 aliphatic carbocycles. The van der Waals surface area contributed by atoms with E-state index in [9.17, 15) is 0 Å². The van der Waals surface area contributed by atoms with Crippen LogP contribution in [-0.4, -0.2) is 0 Å². The molecule has 0 heteroatoms. The van der Waals surface area contributed by atoms with Gasteiger partial charge < -0.3 is 0 Å². The van der Waals surface area contributed by atoms with E-state index in [0.29, 0.717) is 5.92 Å². The second-order valence-corrected chi connectivity index (χ2v) is 12.8. The molecule has 3 atom stereocenters. The third kappa shape index (κ3) is 13.2. The quantitative estimate of drug-likeness (QED) is 0.161. The topological polar surface area (TPSA) is 0 Å². The summed E-state index contributed by atoms with van der Waals surface area (Å²) in [7, 11) is 0. The summed E-state index contributed by atoms with van der Waals surface area (Å²) in [6.45, 7) is 26.7. The van der Waals surface area contributed by atoms with Gasteiger partial charge in [-0.25, -0.2) is 0 Å². The zero-order chi connectivity index (χ0) is 26.3. The number of hydrogen-bond donors (Lipinski definition) is 0. The molecule has 1 rings (SSSR count). The van der Waals surface area contributed by atoms with Crippen LogP contribution in [0, 0.1) is 29.1 Å². The van der Waals surface area contributed by atoms with Crippen LogP contribution >= 0.6 is 0 Å². The molecular formula is C35H62. The fraction of sp³-hybridized carbons (Fsp3) is 0.771. The lowest BCUT2D eigenvalue weighted by Crippen LogP contribution is -2.18. The van der Waals surface area contributed by atoms with Crippen LogP contribution in [0.5, 0.6) is 0 Å². The molecule has 0 heterocycles. The van der Waals surface area contributed by atoms with Crippen LogP contribution in [0.1, 0.15) is 144 Å². The van der Waals surface area contributed by atoms with Gasteiger partial charge in [0.1, 0.15) is 0 Å². The average Bonchev–Trinajstić information content (AvgIpc) is 2.84. The van der Waals surface area contributed by atoms with E-state index in [1.54, 1.807) is 11.1 Å². The molecule has 0 aromatic carbocycles. The van der Waals surface area contributed by atoms with Gasteiger partial charge in [-0.1, -0.05) is 102 Å². The molecule has 202 valence electrons. The minimum Gasteiger partial charge on any atom is -0.103 e. The van der Waals surface area contributed by atoms with Crippen molar-refractivity contribution >= 4 is 0 Å². The highest BCUT2D eigenvalue weighted by Crippen LogP contribution is 2.39. The van der Waals surface area contributed by atoms with E-state index < -0.39 is 0 Å². The van der Waals surface area contributed by atoms with E-state index in [1.165, 1.54) is 108 Å². The molecule has 3 unspecified atom stereocenters. The highest BCUT2D eigenvalue weighted by molar-refractivity contribution is 5.16. The molecule has 0 radical (unpaired) electrons. The molecule has 0 amide bonds. The second kappa shape index (κ2) is 17.4. The summed E-state index contributed by atoms with van der Waals surface area (Å²) in [6.07, 6.45) is 25.7. The van der Waals surface area contributed by atoms with E-state index in [4.69, 9.17) is 0 Å². The van der Waals surface area contributed by atoms with Crippen molar-refractivity contribution in [3.8, 4) is 0 Å². The maximum Gasteiger partial charge on any atom is -0.0170 e. The minimum absolute atomic E-state index is 0.246. The van der Waals surface area contributed by atoms with Gasteiger partial charge in [-0.05, 0) is 101 Å². The van der Waals surface area contributed by atoms with Crippen LogP contribution in [0.15, 0.2) is 48.6 Å². The van der Waals surface area contributed by atoms with Crippen molar-refractivity contribution in [1.82, 2.24) is 0 Å². The Labute approximate surface area is 221 Å². The molecule has 1 saturated carbocycles. The number of allylic oxidation sites excluding steroid dienone is 5. The van der Waals surface area contributed by atoms with Crippen molar-refractivity contribution in [2.75, 3.05) is 0 Å². The highest BCUT2D eigenvalue weighted by Gasteiger charge is 2.25. The summed E-state index contributed by atoms with van der Waals surface area (Å²) in [6, 6.07) is 0. The van der Waals surface area contributed by atoms with Gasteiger partial charge in [-0.2, -0.15) is 0 Å². The fourth-order valence-corrected chi connectivity index (χ4v) is 6.29. The third-order valence-electron chi connectivity index (χ3n) is 8.90. The maximum absolute atomic E-state index is 4.34. The van der Waals surface area contributed by atoms with Gasteiger partial charge in [0.2, 0.25) is 0 Å². The normalized spacial score (nSPS) is 18.5. The monoisotopic (exact) mass is 482 g/mol. The lowest BCUT2D eigenvalue weighted by atomic mass is 9.74. The highest BCUT2D eigenvalue weighted by atomic mass is 14.3. The summed E-state index contributed by atoms with van der Waals surface area (Å²) < 4.78 is 0. The van der Waals surface area contributed by atoms with Crippen LogP contribution in [0.4, 0.5) is 0 Å². The van der Waals surface area contributed by atoms with Gasteiger partial charge in [0.25, 0.3) is 0 Å². The molecule has 35 heavy (non-hydrogen) atoms. The van der Waals surface area contributed by atoms with Crippen molar-refractivity contribution < 1.29 is 0 Å². The predicted molar refractivity (Wildman–Crippen MR) is 161 cm³/mol. The Balaban J connectivity index is 3.14. The first-order valence-electron chi connectivity index (χ1n) is 15.2. The molecule has 1 aliphatic rings. The second-order valence-electron chi connectivity index (χ2n) is 12.8. The molecule has 0 spiro atoms. The Kier molecular flexibility index (Phi) is 15.9. The number of rotatable bonds is 19. The predicted octanol–water partition coefficient (Wildman–Crippen LogP) is 12.0. The smallest absolute Gasteiger partial charge is 0.0170 e. The first kappa shape index (κ1) is 32.0. The molecular weight excluding hydrogens is 420 g/mol. The zero-order valence-electron chi connectivity index (χ0n) is 24.9. The number of hydrogen-bond acceptors (Lipinski definition) is 0. The summed E-state index contributed by atoms with van der Waals surface area (Å²) in [5.41, 5.74) is 5.08. The molecule has 0 N–H and O–H groups in total. The van der Waals surface area contributed by atoms with Gasteiger partial charge >= 0.3 is 0 Å². The van der Waals surface area contributed by atoms with Crippen molar-refractivity contribution in [3.63, 3.8) is 0 Å². The SMILES string of the molecule is C=CC(CC(CC(CCC)CCC(=C)C)=C(C)CC(CCC)CCC(C)(C)C=C)C1CCCCC1. The van der Waals surface area contributed by atoms with Crippen LogP contribution in [-0.2, 0) is 0 Å². The maximum atomic E-state index is 4.34. The molecule has 1 fully saturated rings. The minimum atomic E-state index is 0.246. The van der Waals surface area contributed by atoms with E-state index in [-0.39, 0.29) is 5.41 Å². The zero-order valence-corrected chi connectivity index (χ0v) is 24.9. The standard InChI is InChI=1S/C35H62/c1-10-17-30(22-21-28(5)6)26-34(27-32(12-3)33-19-15-14-16-20-33)29(7)25-31(18-11-2)23-24-35(8,9)13-4/h12-13,30-33H,3-5,10-11,14-27H2,1-2,6-9H3. The fourth-order valence-electron chi connectivity index (χ4n) is 6.29. The summed E-state index contributed by atoms with van der Waals surface area (Å²) in [4.78, 5) is 0. The summed E-state index contributed by atoms with van der Waals surface area (Å²) in [5.74, 6) is 3.10. The summed E-state index contributed by atoms with van der Waals surface area (Å²) in [5, 5.41) is 0. The van der Waals surface area contributed by atoms with Crippen molar-refractivity contribution in [1.29, 1.82) is 0 Å². The molecule has 0 aromatic heterocycles. The Hall–Kier alpha value is -1.04.